The van der Waals surface area contributed by atoms with E-state index < -0.39 is 17.8 Å². The fourth-order valence-corrected chi connectivity index (χ4v) is 5.69. The van der Waals surface area contributed by atoms with E-state index in [4.69, 9.17) is 23.9 Å². The number of allylic oxidation sites excluding steroid dienone is 2. The van der Waals surface area contributed by atoms with E-state index in [0.717, 1.165) is 5.56 Å². The summed E-state index contributed by atoms with van der Waals surface area (Å²) in [6.07, 6.45) is 0.779. The molecule has 0 fully saturated rings. The lowest BCUT2D eigenvalue weighted by molar-refractivity contribution is -0.146. The molecule has 0 aromatic heterocycles. The molecule has 196 valence electrons. The molecule has 37 heavy (non-hydrogen) atoms. The number of ketones is 1. The molecule has 0 bridgehead atoms. The zero-order chi connectivity index (χ0) is 26.9. The van der Waals surface area contributed by atoms with Gasteiger partial charge >= 0.3 is 5.97 Å². The average Bonchev–Trinajstić information content (AvgIpc) is 2.88. The molecular formula is C28H30BrNO7. The van der Waals surface area contributed by atoms with Gasteiger partial charge in [-0.25, -0.2) is 0 Å². The van der Waals surface area contributed by atoms with E-state index in [1.807, 2.05) is 18.2 Å². The predicted molar refractivity (Wildman–Crippen MR) is 142 cm³/mol. The second-order valence-corrected chi connectivity index (χ2v) is 9.87. The van der Waals surface area contributed by atoms with Crippen molar-refractivity contribution in [1.82, 2.24) is 0 Å². The van der Waals surface area contributed by atoms with Crippen LogP contribution < -0.4 is 14.2 Å². The lowest BCUT2D eigenvalue weighted by atomic mass is 9.69. The molecule has 2 aromatic rings. The van der Waals surface area contributed by atoms with Gasteiger partial charge in [-0.05, 0) is 77.5 Å². The van der Waals surface area contributed by atoms with E-state index in [1.165, 1.54) is 7.11 Å². The van der Waals surface area contributed by atoms with Crippen LogP contribution in [0.15, 0.2) is 51.1 Å². The van der Waals surface area contributed by atoms with Crippen molar-refractivity contribution in [2.45, 2.75) is 38.5 Å². The largest absolute Gasteiger partial charge is 0.503 e. The van der Waals surface area contributed by atoms with Crippen molar-refractivity contribution in [3.63, 3.8) is 0 Å². The molecule has 3 atom stereocenters. The first-order valence-electron chi connectivity index (χ1n) is 12.0. The van der Waals surface area contributed by atoms with E-state index in [2.05, 4.69) is 15.9 Å². The number of halogens is 1. The highest BCUT2D eigenvalue weighted by Crippen LogP contribution is 2.49. The van der Waals surface area contributed by atoms with Gasteiger partial charge in [-0.1, -0.05) is 6.07 Å². The number of esters is 1. The third kappa shape index (κ3) is 4.97. The number of aromatic hydroxyl groups is 1. The molecule has 1 unspecified atom stereocenters. The summed E-state index contributed by atoms with van der Waals surface area (Å²) in [5, 5.41) is 10.4. The number of carbonyl (C=O) groups excluding carboxylic acids is 2. The van der Waals surface area contributed by atoms with E-state index >= 15 is 0 Å². The third-order valence-corrected chi connectivity index (χ3v) is 7.54. The topological polar surface area (TPSA) is 104 Å². The molecular weight excluding hydrogens is 542 g/mol. The quantitative estimate of drug-likeness (QED) is 0.448. The summed E-state index contributed by atoms with van der Waals surface area (Å²) in [7, 11) is 4.61. The van der Waals surface area contributed by atoms with Crippen LogP contribution >= 0.6 is 15.9 Å². The van der Waals surface area contributed by atoms with Gasteiger partial charge in [0, 0.05) is 29.3 Å². The van der Waals surface area contributed by atoms with Crippen molar-refractivity contribution in [2.75, 3.05) is 27.9 Å². The first kappa shape index (κ1) is 26.7. The summed E-state index contributed by atoms with van der Waals surface area (Å²) in [4.78, 5) is 31.7. The molecule has 9 heteroatoms. The maximum Gasteiger partial charge on any atom is 0.315 e. The molecule has 0 amide bonds. The number of nitrogens with zero attached hydrogens (tertiary/aromatic N) is 1. The Morgan fingerprint density at radius 3 is 2.35 bits per heavy atom. The molecule has 2 aromatic carbocycles. The summed E-state index contributed by atoms with van der Waals surface area (Å²) in [6, 6.07) is 9.03. The number of rotatable bonds is 7. The van der Waals surface area contributed by atoms with Crippen LogP contribution in [0, 0.1) is 5.92 Å². The van der Waals surface area contributed by atoms with Gasteiger partial charge in [-0.2, -0.15) is 0 Å². The summed E-state index contributed by atoms with van der Waals surface area (Å²) in [6.45, 7) is 3.74. The maximum atomic E-state index is 13.8. The molecule has 1 aliphatic carbocycles. The standard InChI is InChI=1S/C28H30BrNO7/c1-6-37-28(33)24-14(2)30-19-10-16(15-7-8-21(34-3)22(12-15)35-4)11-20(31)26(19)25(24)17-9-18(29)27(32)23(13-17)36-5/h7-9,12-13,16,24-25,32H,6,10-11H2,1-5H3/t16-,24?,25-/m0/s1. The molecule has 0 spiro atoms. The Morgan fingerprint density at radius 2 is 1.70 bits per heavy atom. The average molecular weight is 572 g/mol. The number of ether oxygens (including phenoxy) is 4. The van der Waals surface area contributed by atoms with E-state index in [1.54, 1.807) is 40.2 Å². The number of carbonyl (C=O) groups is 2. The summed E-state index contributed by atoms with van der Waals surface area (Å²) in [5.74, 6) is -0.654. The second-order valence-electron chi connectivity index (χ2n) is 9.02. The number of Topliss-reactive ketones (excluding diaryl/α,β-unsaturated/α-hetero) is 1. The number of aliphatic imine (C=N–C) groups is 1. The van der Waals surface area contributed by atoms with Gasteiger partial charge in [0.25, 0.3) is 0 Å². The normalized spacial score (nSPS) is 21.2. The van der Waals surface area contributed by atoms with Crippen molar-refractivity contribution in [1.29, 1.82) is 0 Å². The number of benzene rings is 2. The molecule has 2 aliphatic rings. The van der Waals surface area contributed by atoms with E-state index in [0.29, 0.717) is 44.9 Å². The number of hydrogen-bond donors (Lipinski definition) is 1. The highest BCUT2D eigenvalue weighted by molar-refractivity contribution is 9.10. The molecule has 0 saturated heterocycles. The molecule has 1 heterocycles. The van der Waals surface area contributed by atoms with Crippen LogP contribution in [-0.4, -0.2) is 50.5 Å². The van der Waals surface area contributed by atoms with Crippen molar-refractivity contribution >= 4 is 33.4 Å². The minimum absolute atomic E-state index is 0.0576. The van der Waals surface area contributed by atoms with Crippen LogP contribution in [0.25, 0.3) is 0 Å². The minimum Gasteiger partial charge on any atom is -0.503 e. The maximum absolute atomic E-state index is 13.8. The Morgan fingerprint density at radius 1 is 1.03 bits per heavy atom. The van der Waals surface area contributed by atoms with Crippen molar-refractivity contribution in [2.24, 2.45) is 10.9 Å². The smallest absolute Gasteiger partial charge is 0.315 e. The Labute approximate surface area is 224 Å². The summed E-state index contributed by atoms with van der Waals surface area (Å²) >= 11 is 3.38. The zero-order valence-electron chi connectivity index (χ0n) is 21.5. The first-order valence-corrected chi connectivity index (χ1v) is 12.8. The van der Waals surface area contributed by atoms with E-state index in [9.17, 15) is 14.7 Å². The van der Waals surface area contributed by atoms with Gasteiger partial charge in [-0.3, -0.25) is 14.6 Å². The van der Waals surface area contributed by atoms with Gasteiger partial charge in [0.2, 0.25) is 0 Å². The molecule has 0 radical (unpaired) electrons. The van der Waals surface area contributed by atoms with Crippen LogP contribution in [-0.2, 0) is 14.3 Å². The van der Waals surface area contributed by atoms with Gasteiger partial charge in [-0.15, -0.1) is 0 Å². The lowest BCUT2D eigenvalue weighted by Gasteiger charge is -2.36. The Bertz CT molecular complexity index is 1300. The van der Waals surface area contributed by atoms with Crippen LogP contribution in [0.4, 0.5) is 0 Å². The zero-order valence-corrected chi connectivity index (χ0v) is 23.0. The summed E-state index contributed by atoms with van der Waals surface area (Å²) in [5.41, 5.74) is 3.33. The van der Waals surface area contributed by atoms with Crippen molar-refractivity contribution in [3.05, 3.63) is 57.2 Å². The molecule has 1 aliphatic heterocycles. The van der Waals surface area contributed by atoms with Crippen LogP contribution in [0.1, 0.15) is 49.7 Å². The Kier molecular flexibility index (Phi) is 7.92. The number of hydrogen-bond acceptors (Lipinski definition) is 8. The van der Waals surface area contributed by atoms with Crippen LogP contribution in [0.2, 0.25) is 0 Å². The predicted octanol–water partition coefficient (Wildman–Crippen LogP) is 5.32. The van der Waals surface area contributed by atoms with Crippen molar-refractivity contribution < 1.29 is 33.6 Å². The van der Waals surface area contributed by atoms with Gasteiger partial charge in [0.1, 0.15) is 5.92 Å². The molecule has 4 rings (SSSR count). The van der Waals surface area contributed by atoms with Crippen LogP contribution in [0.3, 0.4) is 0 Å². The fraction of sp³-hybridized carbons (Fsp3) is 0.393. The van der Waals surface area contributed by atoms with Crippen molar-refractivity contribution in [3.8, 4) is 23.0 Å². The highest BCUT2D eigenvalue weighted by Gasteiger charge is 2.45. The van der Waals surface area contributed by atoms with E-state index in [-0.39, 0.29) is 36.2 Å². The number of phenols is 1. The first-order chi connectivity index (χ1) is 17.7. The van der Waals surface area contributed by atoms with Gasteiger partial charge < -0.3 is 24.1 Å². The monoisotopic (exact) mass is 571 g/mol. The fourth-order valence-electron chi connectivity index (χ4n) is 5.23. The Hall–Kier alpha value is -3.33. The number of methoxy groups -OCH3 is 3. The molecule has 8 nitrogen and oxygen atoms in total. The second kappa shape index (κ2) is 11.0. The van der Waals surface area contributed by atoms with Gasteiger partial charge in [0.05, 0.1) is 32.4 Å². The molecule has 0 saturated carbocycles. The number of phenolic OH excluding ortho intramolecular Hbond substituents is 1. The highest BCUT2D eigenvalue weighted by atomic mass is 79.9. The molecule has 1 N–H and O–H groups in total. The Balaban J connectivity index is 1.83. The minimum atomic E-state index is -0.776. The SMILES string of the molecule is CCOC(=O)C1C(C)=NC2=C(C(=O)C[C@@H](c3ccc(OC)c(OC)c3)C2)[C@H]1c1cc(Br)c(O)c(OC)c1. The van der Waals surface area contributed by atoms with Crippen LogP contribution in [0.5, 0.6) is 23.0 Å². The third-order valence-electron chi connectivity index (χ3n) is 6.94. The lowest BCUT2D eigenvalue weighted by Crippen LogP contribution is -2.38. The van der Waals surface area contributed by atoms with Gasteiger partial charge in [0.15, 0.2) is 28.8 Å². The summed E-state index contributed by atoms with van der Waals surface area (Å²) < 4.78 is 22.0.